The molecule has 0 unspecified atom stereocenters. The lowest BCUT2D eigenvalue weighted by molar-refractivity contribution is 0.0487. The number of sulfonamides is 1. The molecule has 6 nitrogen and oxygen atoms in total. The van der Waals surface area contributed by atoms with Crippen molar-refractivity contribution in [3.8, 4) is 0 Å². The second-order valence-electron chi connectivity index (χ2n) is 7.23. The molecule has 1 heterocycles. The van der Waals surface area contributed by atoms with E-state index >= 15 is 0 Å². The first kappa shape index (κ1) is 19.7. The smallest absolute Gasteiger partial charge is 0.407 e. The van der Waals surface area contributed by atoms with Crippen LogP contribution < -0.4 is 5.32 Å². The minimum atomic E-state index is -3.58. The van der Waals surface area contributed by atoms with E-state index in [1.54, 1.807) is 26.8 Å². The second kappa shape index (κ2) is 7.70. The van der Waals surface area contributed by atoms with Crippen molar-refractivity contribution in [3.63, 3.8) is 0 Å². The van der Waals surface area contributed by atoms with E-state index in [9.17, 15) is 17.6 Å². The fraction of sp³-hybridized carbons (Fsp3) is 0.588. The number of carbonyl (C=O) groups is 1. The fourth-order valence-electron chi connectivity index (χ4n) is 2.72. The summed E-state index contributed by atoms with van der Waals surface area (Å²) in [5.74, 6) is -0.722. The van der Waals surface area contributed by atoms with E-state index in [2.05, 4.69) is 5.32 Å². The van der Waals surface area contributed by atoms with Crippen LogP contribution in [0.1, 0.15) is 39.2 Å². The van der Waals surface area contributed by atoms with Gasteiger partial charge in [0.1, 0.15) is 11.4 Å². The highest BCUT2D eigenvalue weighted by Crippen LogP contribution is 2.18. The molecule has 0 radical (unpaired) electrons. The number of hydrogen-bond donors (Lipinski definition) is 1. The predicted octanol–water partition coefficient (Wildman–Crippen LogP) is 2.64. The van der Waals surface area contributed by atoms with E-state index in [1.807, 2.05) is 0 Å². The Morgan fingerprint density at radius 3 is 2.76 bits per heavy atom. The molecule has 1 amide bonds. The highest BCUT2D eigenvalue weighted by molar-refractivity contribution is 7.88. The van der Waals surface area contributed by atoms with Gasteiger partial charge in [-0.15, -0.1) is 0 Å². The van der Waals surface area contributed by atoms with Crippen molar-refractivity contribution in [2.45, 2.75) is 51.0 Å². The molecular weight excluding hydrogens is 347 g/mol. The molecule has 0 aromatic heterocycles. The number of nitrogens with one attached hydrogen (secondary N) is 1. The van der Waals surface area contributed by atoms with Gasteiger partial charge in [0.05, 0.1) is 5.75 Å². The number of halogens is 1. The van der Waals surface area contributed by atoms with Crippen LogP contribution in [0.3, 0.4) is 0 Å². The lowest BCUT2D eigenvalue weighted by atomic mass is 10.1. The number of rotatable bonds is 4. The van der Waals surface area contributed by atoms with Crippen LogP contribution in [0, 0.1) is 5.82 Å². The molecule has 1 saturated heterocycles. The second-order valence-corrected chi connectivity index (χ2v) is 9.20. The summed E-state index contributed by atoms with van der Waals surface area (Å²) < 4.78 is 45.0. The number of nitrogens with zero attached hydrogens (tertiary/aromatic N) is 1. The zero-order valence-corrected chi connectivity index (χ0v) is 15.6. The van der Waals surface area contributed by atoms with Gasteiger partial charge in [-0.1, -0.05) is 12.1 Å². The standard InChI is InChI=1S/C17H25FN2O4S/c1-17(2,3)24-16(21)19-15-8-5-9-20(11-15)25(22,23)12-13-6-4-7-14(18)10-13/h4,6-7,10,15H,5,8-9,11-12H2,1-3H3,(H,19,21)/t15-/m0/s1. The van der Waals surface area contributed by atoms with Crippen molar-refractivity contribution in [1.29, 1.82) is 0 Å². The monoisotopic (exact) mass is 372 g/mol. The van der Waals surface area contributed by atoms with Crippen molar-refractivity contribution in [2.24, 2.45) is 0 Å². The highest BCUT2D eigenvalue weighted by atomic mass is 32.2. The number of amides is 1. The van der Waals surface area contributed by atoms with Gasteiger partial charge in [0, 0.05) is 19.1 Å². The molecule has 1 aromatic carbocycles. The third-order valence-electron chi connectivity index (χ3n) is 3.74. The minimum absolute atomic E-state index is 0.191. The lowest BCUT2D eigenvalue weighted by Crippen LogP contribution is -2.50. The molecule has 0 saturated carbocycles. The summed E-state index contributed by atoms with van der Waals surface area (Å²) in [6.45, 7) is 5.89. The SMILES string of the molecule is CC(C)(C)OC(=O)N[C@H]1CCCN(S(=O)(=O)Cc2cccc(F)c2)C1. The van der Waals surface area contributed by atoms with Crippen LogP contribution in [-0.4, -0.2) is 43.5 Å². The van der Waals surface area contributed by atoms with Gasteiger partial charge in [0.2, 0.25) is 10.0 Å². The van der Waals surface area contributed by atoms with Gasteiger partial charge >= 0.3 is 6.09 Å². The van der Waals surface area contributed by atoms with Crippen LogP contribution in [0.2, 0.25) is 0 Å². The molecule has 0 spiro atoms. The van der Waals surface area contributed by atoms with Crippen LogP contribution in [0.5, 0.6) is 0 Å². The number of ether oxygens (including phenoxy) is 1. The predicted molar refractivity (Wildman–Crippen MR) is 93.0 cm³/mol. The molecular formula is C17H25FN2O4S. The maximum Gasteiger partial charge on any atom is 0.407 e. The summed E-state index contributed by atoms with van der Waals surface area (Å²) in [6, 6.07) is 5.27. The van der Waals surface area contributed by atoms with Gasteiger partial charge in [-0.2, -0.15) is 4.31 Å². The summed E-state index contributed by atoms with van der Waals surface area (Å²) >= 11 is 0. The Kier molecular flexibility index (Phi) is 6.05. The first-order chi connectivity index (χ1) is 11.5. The van der Waals surface area contributed by atoms with Crippen molar-refractivity contribution in [3.05, 3.63) is 35.6 Å². The van der Waals surface area contributed by atoms with E-state index < -0.39 is 27.5 Å². The Bertz CT molecular complexity index is 716. The van der Waals surface area contributed by atoms with Gasteiger partial charge in [-0.3, -0.25) is 0 Å². The molecule has 8 heteroatoms. The third kappa shape index (κ3) is 6.28. The normalized spacial score (nSPS) is 19.4. The summed E-state index contributed by atoms with van der Waals surface area (Å²) in [4.78, 5) is 11.9. The van der Waals surface area contributed by atoms with E-state index in [4.69, 9.17) is 4.74 Å². The van der Waals surface area contributed by atoms with E-state index in [1.165, 1.54) is 22.5 Å². The Hall–Kier alpha value is -1.67. The first-order valence-electron chi connectivity index (χ1n) is 8.27. The van der Waals surface area contributed by atoms with Crippen molar-refractivity contribution in [1.82, 2.24) is 9.62 Å². The average Bonchev–Trinajstić information content (AvgIpc) is 2.45. The Balaban J connectivity index is 1.98. The van der Waals surface area contributed by atoms with Crippen molar-refractivity contribution in [2.75, 3.05) is 13.1 Å². The zero-order valence-electron chi connectivity index (χ0n) is 14.8. The highest BCUT2D eigenvalue weighted by Gasteiger charge is 2.30. The quantitative estimate of drug-likeness (QED) is 0.882. The molecule has 1 aliphatic heterocycles. The summed E-state index contributed by atoms with van der Waals surface area (Å²) in [6.07, 6.45) is 0.774. The molecule has 0 bridgehead atoms. The van der Waals surface area contributed by atoms with E-state index in [0.29, 0.717) is 24.9 Å². The molecule has 1 atom stereocenters. The summed E-state index contributed by atoms with van der Waals surface area (Å²) in [5.41, 5.74) is -0.204. The molecule has 25 heavy (non-hydrogen) atoms. The maximum absolute atomic E-state index is 13.3. The first-order valence-corrected chi connectivity index (χ1v) is 9.88. The van der Waals surface area contributed by atoms with Crippen molar-refractivity contribution >= 4 is 16.1 Å². The summed E-state index contributed by atoms with van der Waals surface area (Å²) in [5, 5.41) is 2.72. The lowest BCUT2D eigenvalue weighted by Gasteiger charge is -2.32. The van der Waals surface area contributed by atoms with Crippen LogP contribution in [0.4, 0.5) is 9.18 Å². The minimum Gasteiger partial charge on any atom is -0.444 e. The number of carbonyl (C=O) groups excluding carboxylic acids is 1. The van der Waals surface area contributed by atoms with Gasteiger partial charge in [-0.05, 0) is 51.3 Å². The Morgan fingerprint density at radius 2 is 2.12 bits per heavy atom. The molecule has 0 aliphatic carbocycles. The largest absolute Gasteiger partial charge is 0.444 e. The van der Waals surface area contributed by atoms with Crippen LogP contribution in [0.15, 0.2) is 24.3 Å². The van der Waals surface area contributed by atoms with Crippen LogP contribution >= 0.6 is 0 Å². The molecule has 140 valence electrons. The molecule has 1 N–H and O–H groups in total. The van der Waals surface area contributed by atoms with Crippen LogP contribution in [0.25, 0.3) is 0 Å². The van der Waals surface area contributed by atoms with Crippen LogP contribution in [-0.2, 0) is 20.5 Å². The number of hydrogen-bond acceptors (Lipinski definition) is 4. The Morgan fingerprint density at radius 1 is 1.40 bits per heavy atom. The van der Waals surface area contributed by atoms with Gasteiger partial charge in [-0.25, -0.2) is 17.6 Å². The molecule has 1 fully saturated rings. The molecule has 1 aromatic rings. The summed E-state index contributed by atoms with van der Waals surface area (Å²) in [7, 11) is -3.58. The van der Waals surface area contributed by atoms with Crippen molar-refractivity contribution < 1.29 is 22.3 Å². The Labute approximate surface area is 148 Å². The number of benzene rings is 1. The fourth-order valence-corrected chi connectivity index (χ4v) is 4.31. The molecule has 1 aliphatic rings. The number of piperidine rings is 1. The topological polar surface area (TPSA) is 75.7 Å². The number of alkyl carbamates (subject to hydrolysis) is 1. The van der Waals surface area contributed by atoms with Gasteiger partial charge in [0.25, 0.3) is 0 Å². The maximum atomic E-state index is 13.3. The molecule has 2 rings (SSSR count). The van der Waals surface area contributed by atoms with E-state index in [-0.39, 0.29) is 18.3 Å². The van der Waals surface area contributed by atoms with Gasteiger partial charge in [0.15, 0.2) is 0 Å². The van der Waals surface area contributed by atoms with Gasteiger partial charge < -0.3 is 10.1 Å². The third-order valence-corrected chi connectivity index (χ3v) is 5.55. The van der Waals surface area contributed by atoms with E-state index in [0.717, 1.165) is 0 Å². The zero-order chi connectivity index (χ0) is 18.7. The average molecular weight is 372 g/mol.